The van der Waals surface area contributed by atoms with E-state index >= 15 is 0 Å². The lowest BCUT2D eigenvalue weighted by molar-refractivity contribution is -0.384. The number of non-ortho nitro benzene ring substituents is 1. The van der Waals surface area contributed by atoms with Crippen molar-refractivity contribution in [2.75, 3.05) is 0 Å². The average molecular weight is 222 g/mol. The lowest BCUT2D eigenvalue weighted by Gasteiger charge is -2.26. The van der Waals surface area contributed by atoms with Gasteiger partial charge in [0.25, 0.3) is 5.69 Å². The molecule has 0 saturated heterocycles. The van der Waals surface area contributed by atoms with Crippen LogP contribution in [0.15, 0.2) is 24.3 Å². The number of hydrogen-bond acceptors (Lipinski definition) is 3. The highest BCUT2D eigenvalue weighted by atomic mass is 16.6. The van der Waals surface area contributed by atoms with Gasteiger partial charge in [0, 0.05) is 17.7 Å². The van der Waals surface area contributed by atoms with Gasteiger partial charge < -0.3 is 5.73 Å². The molecule has 0 unspecified atom stereocenters. The SMILES string of the molecule is CCC(N)(CC)Cc1ccc([N+](=O)[O-])cc1. The molecule has 16 heavy (non-hydrogen) atoms. The first-order valence-electron chi connectivity index (χ1n) is 5.53. The molecule has 0 saturated carbocycles. The molecule has 4 heteroatoms. The predicted octanol–water partition coefficient (Wildman–Crippen LogP) is 2.65. The van der Waals surface area contributed by atoms with E-state index in [1.807, 2.05) is 0 Å². The smallest absolute Gasteiger partial charge is 0.269 e. The molecule has 0 aliphatic carbocycles. The van der Waals surface area contributed by atoms with Crippen LogP contribution in [0.1, 0.15) is 32.3 Å². The van der Waals surface area contributed by atoms with E-state index in [2.05, 4.69) is 13.8 Å². The summed E-state index contributed by atoms with van der Waals surface area (Å²) in [6, 6.07) is 6.62. The number of nitrogens with zero attached hydrogens (tertiary/aromatic N) is 1. The Labute approximate surface area is 95.6 Å². The summed E-state index contributed by atoms with van der Waals surface area (Å²) in [6.45, 7) is 4.13. The van der Waals surface area contributed by atoms with Gasteiger partial charge in [0.15, 0.2) is 0 Å². The first-order valence-corrected chi connectivity index (χ1v) is 5.53. The van der Waals surface area contributed by atoms with Crippen molar-refractivity contribution < 1.29 is 4.92 Å². The molecule has 0 spiro atoms. The molecule has 1 aromatic rings. The van der Waals surface area contributed by atoms with Crippen LogP contribution in [0.25, 0.3) is 0 Å². The van der Waals surface area contributed by atoms with Crippen LogP contribution in [0.3, 0.4) is 0 Å². The quantitative estimate of drug-likeness (QED) is 0.615. The molecule has 1 rings (SSSR count). The van der Waals surface area contributed by atoms with E-state index in [0.29, 0.717) is 0 Å². The third-order valence-electron chi connectivity index (χ3n) is 3.11. The summed E-state index contributed by atoms with van der Waals surface area (Å²) in [6.07, 6.45) is 2.57. The Morgan fingerprint density at radius 3 is 2.12 bits per heavy atom. The van der Waals surface area contributed by atoms with Gasteiger partial charge >= 0.3 is 0 Å². The van der Waals surface area contributed by atoms with Crippen molar-refractivity contribution in [1.82, 2.24) is 0 Å². The van der Waals surface area contributed by atoms with Crippen LogP contribution in [0.5, 0.6) is 0 Å². The van der Waals surface area contributed by atoms with Gasteiger partial charge in [-0.25, -0.2) is 0 Å². The fourth-order valence-electron chi connectivity index (χ4n) is 1.64. The van der Waals surface area contributed by atoms with E-state index in [0.717, 1.165) is 24.8 Å². The monoisotopic (exact) mass is 222 g/mol. The van der Waals surface area contributed by atoms with Crippen LogP contribution in [0, 0.1) is 10.1 Å². The molecule has 0 aliphatic heterocycles. The Hall–Kier alpha value is -1.42. The van der Waals surface area contributed by atoms with Crippen LogP contribution in [-0.4, -0.2) is 10.5 Å². The normalized spacial score (nSPS) is 11.4. The van der Waals surface area contributed by atoms with Crippen LogP contribution >= 0.6 is 0 Å². The topological polar surface area (TPSA) is 69.2 Å². The number of hydrogen-bond donors (Lipinski definition) is 1. The second-order valence-corrected chi connectivity index (χ2v) is 4.17. The highest BCUT2D eigenvalue weighted by molar-refractivity contribution is 5.33. The summed E-state index contributed by atoms with van der Waals surface area (Å²) in [7, 11) is 0. The minimum atomic E-state index is -0.390. The molecular weight excluding hydrogens is 204 g/mol. The summed E-state index contributed by atoms with van der Waals surface area (Å²) in [5, 5.41) is 10.5. The fraction of sp³-hybridized carbons (Fsp3) is 0.500. The van der Waals surface area contributed by atoms with Crippen LogP contribution in [0.4, 0.5) is 5.69 Å². The zero-order valence-corrected chi connectivity index (χ0v) is 9.77. The molecule has 0 radical (unpaired) electrons. The standard InChI is InChI=1S/C12H18N2O2/c1-3-12(13,4-2)9-10-5-7-11(8-6-10)14(15)16/h5-8H,3-4,9,13H2,1-2H3. The summed E-state index contributed by atoms with van der Waals surface area (Å²) >= 11 is 0. The number of nitro groups is 1. The van der Waals surface area contributed by atoms with Crippen LogP contribution in [-0.2, 0) is 6.42 Å². The van der Waals surface area contributed by atoms with Gasteiger partial charge in [0.1, 0.15) is 0 Å². The Morgan fingerprint density at radius 1 is 1.25 bits per heavy atom. The minimum absolute atomic E-state index is 0.124. The maximum Gasteiger partial charge on any atom is 0.269 e. The van der Waals surface area contributed by atoms with E-state index in [1.165, 1.54) is 12.1 Å². The van der Waals surface area contributed by atoms with E-state index in [-0.39, 0.29) is 16.1 Å². The fourth-order valence-corrected chi connectivity index (χ4v) is 1.64. The summed E-state index contributed by atoms with van der Waals surface area (Å²) in [4.78, 5) is 10.1. The lowest BCUT2D eigenvalue weighted by atomic mass is 9.87. The lowest BCUT2D eigenvalue weighted by Crippen LogP contribution is -2.40. The Bertz CT molecular complexity index is 356. The number of benzene rings is 1. The van der Waals surface area contributed by atoms with Crippen molar-refractivity contribution in [2.45, 2.75) is 38.6 Å². The minimum Gasteiger partial charge on any atom is -0.325 e. The molecule has 2 N–H and O–H groups in total. The molecule has 0 aliphatic rings. The maximum atomic E-state index is 10.5. The van der Waals surface area contributed by atoms with Gasteiger partial charge in [-0.3, -0.25) is 10.1 Å². The van der Waals surface area contributed by atoms with Crippen molar-refractivity contribution in [3.05, 3.63) is 39.9 Å². The molecule has 0 aromatic heterocycles. The number of nitro benzene ring substituents is 1. The van der Waals surface area contributed by atoms with E-state index in [9.17, 15) is 10.1 Å². The van der Waals surface area contributed by atoms with Gasteiger partial charge in [0.2, 0.25) is 0 Å². The van der Waals surface area contributed by atoms with Gasteiger partial charge in [-0.15, -0.1) is 0 Å². The third-order valence-corrected chi connectivity index (χ3v) is 3.11. The maximum absolute atomic E-state index is 10.5. The van der Waals surface area contributed by atoms with Gasteiger partial charge in [-0.05, 0) is 24.8 Å². The molecule has 0 bridgehead atoms. The highest BCUT2D eigenvalue weighted by Gasteiger charge is 2.20. The van der Waals surface area contributed by atoms with Gasteiger partial charge in [-0.2, -0.15) is 0 Å². The third kappa shape index (κ3) is 3.03. The molecular formula is C12H18N2O2. The number of nitrogens with two attached hydrogens (primary N) is 1. The molecule has 1 aromatic carbocycles. The predicted molar refractivity (Wildman–Crippen MR) is 64.3 cm³/mol. The van der Waals surface area contributed by atoms with Crippen LogP contribution in [0.2, 0.25) is 0 Å². The molecule has 0 heterocycles. The summed E-state index contributed by atoms with van der Waals surface area (Å²) < 4.78 is 0. The molecule has 0 fully saturated rings. The molecule has 0 amide bonds. The van der Waals surface area contributed by atoms with Crippen molar-refractivity contribution >= 4 is 5.69 Å². The summed E-state index contributed by atoms with van der Waals surface area (Å²) in [5.41, 5.74) is 7.17. The van der Waals surface area contributed by atoms with Crippen molar-refractivity contribution in [2.24, 2.45) is 5.73 Å². The van der Waals surface area contributed by atoms with Gasteiger partial charge in [-0.1, -0.05) is 26.0 Å². The zero-order valence-electron chi connectivity index (χ0n) is 9.77. The van der Waals surface area contributed by atoms with Gasteiger partial charge in [0.05, 0.1) is 4.92 Å². The molecule has 4 nitrogen and oxygen atoms in total. The Morgan fingerprint density at radius 2 is 1.75 bits per heavy atom. The molecule has 88 valence electrons. The van der Waals surface area contributed by atoms with E-state index in [1.54, 1.807) is 12.1 Å². The Kier molecular flexibility index (Phi) is 4.01. The van der Waals surface area contributed by atoms with Crippen molar-refractivity contribution in [1.29, 1.82) is 0 Å². The first kappa shape index (κ1) is 12.6. The second-order valence-electron chi connectivity index (χ2n) is 4.17. The second kappa shape index (κ2) is 5.07. The zero-order chi connectivity index (χ0) is 12.2. The summed E-state index contributed by atoms with van der Waals surface area (Å²) in [5.74, 6) is 0. The average Bonchev–Trinajstić information content (AvgIpc) is 2.29. The van der Waals surface area contributed by atoms with Crippen molar-refractivity contribution in [3.63, 3.8) is 0 Å². The van der Waals surface area contributed by atoms with E-state index < -0.39 is 0 Å². The van der Waals surface area contributed by atoms with Crippen LogP contribution < -0.4 is 5.73 Å². The largest absolute Gasteiger partial charge is 0.325 e. The first-order chi connectivity index (χ1) is 7.50. The van der Waals surface area contributed by atoms with E-state index in [4.69, 9.17) is 5.73 Å². The Balaban J connectivity index is 2.79. The molecule has 0 atom stereocenters. The number of rotatable bonds is 5. The highest BCUT2D eigenvalue weighted by Crippen LogP contribution is 2.20. The van der Waals surface area contributed by atoms with Crippen molar-refractivity contribution in [3.8, 4) is 0 Å².